The molecule has 2 heterocycles. The normalized spacial score (nSPS) is 12.1. The Labute approximate surface area is 158 Å². The van der Waals surface area contributed by atoms with E-state index in [9.17, 15) is 4.57 Å². The highest BCUT2D eigenvalue weighted by molar-refractivity contribution is 9.10. The van der Waals surface area contributed by atoms with Crippen molar-refractivity contribution in [1.29, 1.82) is 0 Å². The quantitative estimate of drug-likeness (QED) is 0.461. The number of fused-ring (bicyclic) bond motifs is 3. The molecule has 4 rings (SSSR count). The van der Waals surface area contributed by atoms with Gasteiger partial charge in [0.15, 0.2) is 0 Å². The molecule has 0 bridgehead atoms. The van der Waals surface area contributed by atoms with Crippen LogP contribution >= 0.6 is 23.5 Å². The first-order chi connectivity index (χ1) is 12.4. The summed E-state index contributed by atoms with van der Waals surface area (Å²) in [6, 6.07) is 17.5. The molecule has 0 unspecified atom stereocenters. The molecule has 0 aliphatic rings. The summed E-state index contributed by atoms with van der Waals surface area (Å²) in [6.45, 7) is 0.656. The van der Waals surface area contributed by atoms with E-state index >= 15 is 0 Å². The van der Waals surface area contributed by atoms with E-state index in [1.54, 1.807) is 18.3 Å². The van der Waals surface area contributed by atoms with Gasteiger partial charge in [-0.1, -0.05) is 40.2 Å². The van der Waals surface area contributed by atoms with Crippen molar-refractivity contribution in [2.45, 2.75) is 12.7 Å². The van der Waals surface area contributed by atoms with Crippen LogP contribution in [0.2, 0.25) is 0 Å². The third-order valence-corrected chi connectivity index (χ3v) is 5.60. The Balaban J connectivity index is 1.76. The van der Waals surface area contributed by atoms with Gasteiger partial charge in [0.25, 0.3) is 0 Å². The molecule has 2 aromatic heterocycles. The zero-order valence-electron chi connectivity index (χ0n) is 13.7. The van der Waals surface area contributed by atoms with E-state index in [0.717, 1.165) is 32.0 Å². The molecule has 0 fully saturated rings. The maximum absolute atomic E-state index is 11.1. The number of benzene rings is 2. The minimum atomic E-state index is -4.05. The molecule has 0 atom stereocenters. The zero-order chi connectivity index (χ0) is 18.3. The number of aromatic nitrogens is 2. The standard InChI is InChI=1S/C19H16BrN2O3P/c20-15-7-8-17-16(10-15)19-18(2-1-9-21-19)22(17)11-13-3-5-14(6-4-13)12-26(23,24)25/h1-10H,11-12H2,(H2,23,24,25). The molecule has 0 saturated heterocycles. The lowest BCUT2D eigenvalue weighted by Gasteiger charge is -2.09. The average molecular weight is 431 g/mol. The predicted octanol–water partition coefficient (Wildman–Crippen LogP) is 4.68. The van der Waals surface area contributed by atoms with Crippen LogP contribution in [0.5, 0.6) is 0 Å². The minimum Gasteiger partial charge on any atom is -0.335 e. The number of pyridine rings is 1. The lowest BCUT2D eigenvalue weighted by molar-refractivity contribution is 0.371. The van der Waals surface area contributed by atoms with Gasteiger partial charge in [-0.3, -0.25) is 9.55 Å². The molecule has 4 aromatic rings. The molecular weight excluding hydrogens is 415 g/mol. The molecule has 0 spiro atoms. The van der Waals surface area contributed by atoms with E-state index in [-0.39, 0.29) is 6.16 Å². The summed E-state index contributed by atoms with van der Waals surface area (Å²) in [5.41, 5.74) is 4.81. The first-order valence-corrected chi connectivity index (χ1v) is 10.6. The fourth-order valence-corrected chi connectivity index (χ4v) is 4.27. The van der Waals surface area contributed by atoms with E-state index < -0.39 is 7.60 Å². The topological polar surface area (TPSA) is 75.3 Å². The molecule has 2 N–H and O–H groups in total. The van der Waals surface area contributed by atoms with Crippen molar-refractivity contribution in [3.8, 4) is 0 Å². The van der Waals surface area contributed by atoms with Gasteiger partial charge in [0.05, 0.1) is 22.7 Å². The molecule has 5 nitrogen and oxygen atoms in total. The fourth-order valence-electron chi connectivity index (χ4n) is 3.23. The first kappa shape index (κ1) is 17.4. The molecule has 132 valence electrons. The maximum atomic E-state index is 11.1. The first-order valence-electron chi connectivity index (χ1n) is 8.05. The van der Waals surface area contributed by atoms with Crippen LogP contribution in [0.4, 0.5) is 0 Å². The molecule has 0 aliphatic heterocycles. The SMILES string of the molecule is O=P(O)(O)Cc1ccc(Cn2c3ccc(Br)cc3c3ncccc32)cc1. The lowest BCUT2D eigenvalue weighted by atomic mass is 10.1. The van der Waals surface area contributed by atoms with Crippen molar-refractivity contribution >= 4 is 45.5 Å². The summed E-state index contributed by atoms with van der Waals surface area (Å²) in [5.74, 6) is 0. The molecule has 7 heteroatoms. The third kappa shape index (κ3) is 3.46. The van der Waals surface area contributed by atoms with Gasteiger partial charge >= 0.3 is 7.60 Å². The molecular formula is C19H16BrN2O3P. The van der Waals surface area contributed by atoms with Crippen LogP contribution in [0, 0.1) is 0 Å². The second kappa shape index (κ2) is 6.63. The van der Waals surface area contributed by atoms with Crippen LogP contribution in [-0.4, -0.2) is 19.3 Å². The number of halogens is 1. The maximum Gasteiger partial charge on any atom is 0.329 e. The highest BCUT2D eigenvalue weighted by atomic mass is 79.9. The molecule has 26 heavy (non-hydrogen) atoms. The van der Waals surface area contributed by atoms with Crippen molar-refractivity contribution < 1.29 is 14.4 Å². The van der Waals surface area contributed by atoms with Crippen LogP contribution in [0.3, 0.4) is 0 Å². The Morgan fingerprint density at radius 3 is 2.46 bits per heavy atom. The second-order valence-electron chi connectivity index (χ2n) is 6.26. The lowest BCUT2D eigenvalue weighted by Crippen LogP contribution is -1.99. The molecule has 0 saturated carbocycles. The van der Waals surface area contributed by atoms with E-state index in [0.29, 0.717) is 12.1 Å². The summed E-state index contributed by atoms with van der Waals surface area (Å²) in [4.78, 5) is 22.7. The van der Waals surface area contributed by atoms with Crippen molar-refractivity contribution in [2.75, 3.05) is 0 Å². The fraction of sp³-hybridized carbons (Fsp3) is 0.105. The van der Waals surface area contributed by atoms with Gasteiger partial charge < -0.3 is 14.4 Å². The average Bonchev–Trinajstić information content (AvgIpc) is 2.89. The van der Waals surface area contributed by atoms with Crippen LogP contribution < -0.4 is 0 Å². The van der Waals surface area contributed by atoms with Gasteiger partial charge in [0, 0.05) is 22.6 Å². The Morgan fingerprint density at radius 2 is 1.73 bits per heavy atom. The number of hydrogen-bond donors (Lipinski definition) is 2. The molecule has 2 aromatic carbocycles. The smallest absolute Gasteiger partial charge is 0.329 e. The van der Waals surface area contributed by atoms with Crippen molar-refractivity contribution in [3.63, 3.8) is 0 Å². The molecule has 0 amide bonds. The van der Waals surface area contributed by atoms with Gasteiger partial charge in [0.1, 0.15) is 0 Å². The number of rotatable bonds is 4. The highest BCUT2D eigenvalue weighted by Crippen LogP contribution is 2.39. The Hall–Kier alpha value is -1.98. The summed E-state index contributed by atoms with van der Waals surface area (Å²) >= 11 is 3.53. The summed E-state index contributed by atoms with van der Waals surface area (Å²) in [6.07, 6.45) is 1.56. The monoisotopic (exact) mass is 430 g/mol. The van der Waals surface area contributed by atoms with Gasteiger partial charge in [-0.2, -0.15) is 0 Å². The van der Waals surface area contributed by atoms with E-state index in [1.165, 1.54) is 0 Å². The van der Waals surface area contributed by atoms with E-state index in [2.05, 4.69) is 43.7 Å². The second-order valence-corrected chi connectivity index (χ2v) is 8.82. The number of nitrogens with zero attached hydrogens (tertiary/aromatic N) is 2. The van der Waals surface area contributed by atoms with Crippen molar-refractivity contribution in [2.24, 2.45) is 0 Å². The Kier molecular flexibility index (Phi) is 4.45. The summed E-state index contributed by atoms with van der Waals surface area (Å²) in [5, 5.41) is 1.09. The highest BCUT2D eigenvalue weighted by Gasteiger charge is 2.15. The Morgan fingerprint density at radius 1 is 1.00 bits per heavy atom. The zero-order valence-corrected chi connectivity index (χ0v) is 16.2. The van der Waals surface area contributed by atoms with Crippen molar-refractivity contribution in [3.05, 3.63) is 76.4 Å². The largest absolute Gasteiger partial charge is 0.335 e. The van der Waals surface area contributed by atoms with E-state index in [1.807, 2.05) is 24.3 Å². The third-order valence-electron chi connectivity index (χ3n) is 4.33. The van der Waals surface area contributed by atoms with Gasteiger partial charge in [0.2, 0.25) is 0 Å². The number of hydrogen-bond acceptors (Lipinski definition) is 2. The van der Waals surface area contributed by atoms with Gasteiger partial charge in [-0.15, -0.1) is 0 Å². The van der Waals surface area contributed by atoms with Crippen LogP contribution in [0.1, 0.15) is 11.1 Å². The summed E-state index contributed by atoms with van der Waals surface area (Å²) < 4.78 is 14.4. The predicted molar refractivity (Wildman–Crippen MR) is 106 cm³/mol. The van der Waals surface area contributed by atoms with Gasteiger partial charge in [-0.05, 0) is 41.5 Å². The van der Waals surface area contributed by atoms with Gasteiger partial charge in [-0.25, -0.2) is 0 Å². The van der Waals surface area contributed by atoms with Crippen LogP contribution in [0.25, 0.3) is 21.9 Å². The molecule has 0 aliphatic carbocycles. The Bertz CT molecular complexity index is 1150. The van der Waals surface area contributed by atoms with Crippen molar-refractivity contribution in [1.82, 2.24) is 9.55 Å². The van der Waals surface area contributed by atoms with Crippen LogP contribution in [-0.2, 0) is 17.3 Å². The van der Waals surface area contributed by atoms with E-state index in [4.69, 9.17) is 9.79 Å². The summed E-state index contributed by atoms with van der Waals surface area (Å²) in [7, 11) is -4.05. The van der Waals surface area contributed by atoms with Crippen LogP contribution in [0.15, 0.2) is 65.3 Å². The minimum absolute atomic E-state index is 0.236. The molecule has 0 radical (unpaired) electrons.